The van der Waals surface area contributed by atoms with E-state index in [0.29, 0.717) is 6.07 Å². The van der Waals surface area contributed by atoms with Gasteiger partial charge in [0.2, 0.25) is 0 Å². The molecule has 0 aliphatic carbocycles. The fourth-order valence-corrected chi connectivity index (χ4v) is 1.42. The van der Waals surface area contributed by atoms with Crippen molar-refractivity contribution in [1.29, 1.82) is 5.26 Å². The fourth-order valence-electron chi connectivity index (χ4n) is 1.42. The van der Waals surface area contributed by atoms with Gasteiger partial charge in [0.15, 0.2) is 11.6 Å². The van der Waals surface area contributed by atoms with Crippen LogP contribution in [0.15, 0.2) is 12.1 Å². The number of nitriles is 1. The van der Waals surface area contributed by atoms with Crippen molar-refractivity contribution >= 4 is 5.97 Å². The van der Waals surface area contributed by atoms with E-state index in [1.54, 1.807) is 6.07 Å². The van der Waals surface area contributed by atoms with Crippen LogP contribution in [-0.4, -0.2) is 18.9 Å². The van der Waals surface area contributed by atoms with E-state index in [9.17, 15) is 22.4 Å². The molecular weight excluding hydrogens is 282 g/mol. The van der Waals surface area contributed by atoms with E-state index in [1.807, 2.05) is 0 Å². The molecule has 8 heteroatoms. The zero-order chi connectivity index (χ0) is 15.3. The van der Waals surface area contributed by atoms with Crippen molar-refractivity contribution in [3.63, 3.8) is 0 Å². The van der Waals surface area contributed by atoms with Gasteiger partial charge in [-0.05, 0) is 13.0 Å². The van der Waals surface area contributed by atoms with Crippen LogP contribution in [0.1, 0.15) is 18.1 Å². The van der Waals surface area contributed by atoms with Crippen molar-refractivity contribution in [2.75, 3.05) is 6.61 Å². The maximum atomic E-state index is 13.8. The SMILES string of the molecule is CCOC(=O)Cc1cc(C#N)cc(OC(F)(F)F)c1F. The number of nitrogens with zero attached hydrogens (tertiary/aromatic N) is 1. The minimum absolute atomic E-state index is 0.0459. The van der Waals surface area contributed by atoms with Gasteiger partial charge in [0.1, 0.15) is 0 Å². The van der Waals surface area contributed by atoms with Crippen molar-refractivity contribution in [3.8, 4) is 11.8 Å². The molecule has 1 aromatic carbocycles. The average molecular weight is 291 g/mol. The van der Waals surface area contributed by atoms with Crippen LogP contribution in [0.2, 0.25) is 0 Å². The summed E-state index contributed by atoms with van der Waals surface area (Å²) < 4.78 is 58.1. The Kier molecular flexibility index (Phi) is 4.91. The molecule has 0 saturated carbocycles. The van der Waals surface area contributed by atoms with Crippen molar-refractivity contribution in [2.45, 2.75) is 19.7 Å². The van der Waals surface area contributed by atoms with Gasteiger partial charge >= 0.3 is 12.3 Å². The lowest BCUT2D eigenvalue weighted by atomic mass is 10.1. The van der Waals surface area contributed by atoms with Gasteiger partial charge in [-0.1, -0.05) is 0 Å². The van der Waals surface area contributed by atoms with Gasteiger partial charge in [0, 0.05) is 11.6 Å². The monoisotopic (exact) mass is 291 g/mol. The van der Waals surface area contributed by atoms with E-state index >= 15 is 0 Å². The molecular formula is C12H9F4NO3. The molecule has 1 rings (SSSR count). The fraction of sp³-hybridized carbons (Fsp3) is 0.333. The second-order valence-electron chi connectivity index (χ2n) is 3.59. The molecule has 4 nitrogen and oxygen atoms in total. The van der Waals surface area contributed by atoms with Crippen LogP contribution in [0.25, 0.3) is 0 Å². The van der Waals surface area contributed by atoms with Gasteiger partial charge < -0.3 is 9.47 Å². The third kappa shape index (κ3) is 4.42. The molecule has 0 amide bonds. The summed E-state index contributed by atoms with van der Waals surface area (Å²) >= 11 is 0. The number of hydrogen-bond donors (Lipinski definition) is 0. The number of rotatable bonds is 4. The highest BCUT2D eigenvalue weighted by molar-refractivity contribution is 5.73. The minimum atomic E-state index is -5.10. The minimum Gasteiger partial charge on any atom is -0.466 e. The Labute approximate surface area is 111 Å². The summed E-state index contributed by atoms with van der Waals surface area (Å²) in [6, 6.07) is 3.14. The highest BCUT2D eigenvalue weighted by Crippen LogP contribution is 2.29. The lowest BCUT2D eigenvalue weighted by molar-refractivity contribution is -0.275. The van der Waals surface area contributed by atoms with Crippen LogP contribution >= 0.6 is 0 Å². The van der Waals surface area contributed by atoms with E-state index < -0.39 is 35.9 Å². The molecule has 0 aliphatic rings. The van der Waals surface area contributed by atoms with Crippen molar-refractivity contribution in [1.82, 2.24) is 0 Å². The third-order valence-electron chi connectivity index (χ3n) is 2.11. The normalized spacial score (nSPS) is 10.8. The number of esters is 1. The first-order valence-corrected chi connectivity index (χ1v) is 5.40. The van der Waals surface area contributed by atoms with Crippen molar-refractivity contribution in [2.24, 2.45) is 0 Å². The van der Waals surface area contributed by atoms with Gasteiger partial charge in [-0.15, -0.1) is 13.2 Å². The molecule has 0 heterocycles. The van der Waals surface area contributed by atoms with Gasteiger partial charge in [-0.2, -0.15) is 5.26 Å². The average Bonchev–Trinajstić information content (AvgIpc) is 2.32. The molecule has 108 valence electrons. The summed E-state index contributed by atoms with van der Waals surface area (Å²) in [4.78, 5) is 11.2. The number of halogens is 4. The highest BCUT2D eigenvalue weighted by Gasteiger charge is 2.33. The van der Waals surface area contributed by atoms with Crippen LogP contribution in [0.5, 0.6) is 5.75 Å². The van der Waals surface area contributed by atoms with E-state index in [-0.39, 0.29) is 12.2 Å². The summed E-state index contributed by atoms with van der Waals surface area (Å²) in [6.45, 7) is 1.57. The molecule has 0 bridgehead atoms. The number of ether oxygens (including phenoxy) is 2. The van der Waals surface area contributed by atoms with Crippen molar-refractivity contribution < 1.29 is 31.8 Å². The van der Waals surface area contributed by atoms with Gasteiger partial charge in [-0.3, -0.25) is 4.79 Å². The molecule has 0 saturated heterocycles. The largest absolute Gasteiger partial charge is 0.573 e. The summed E-state index contributed by atoms with van der Waals surface area (Å²) in [6.07, 6.45) is -5.69. The predicted octanol–water partition coefficient (Wildman–Crippen LogP) is 2.70. The molecule has 0 atom stereocenters. The Morgan fingerprint density at radius 1 is 1.40 bits per heavy atom. The zero-order valence-corrected chi connectivity index (χ0v) is 10.3. The zero-order valence-electron chi connectivity index (χ0n) is 10.3. The van der Waals surface area contributed by atoms with Crippen LogP contribution < -0.4 is 4.74 Å². The van der Waals surface area contributed by atoms with Crippen LogP contribution in [0, 0.1) is 17.1 Å². The Morgan fingerprint density at radius 2 is 2.05 bits per heavy atom. The summed E-state index contributed by atoms with van der Waals surface area (Å²) in [5, 5.41) is 8.69. The lowest BCUT2D eigenvalue weighted by Crippen LogP contribution is -2.19. The van der Waals surface area contributed by atoms with Crippen molar-refractivity contribution in [3.05, 3.63) is 29.1 Å². The Morgan fingerprint density at radius 3 is 2.55 bits per heavy atom. The van der Waals surface area contributed by atoms with E-state index in [2.05, 4.69) is 9.47 Å². The molecule has 0 unspecified atom stereocenters. The molecule has 0 aromatic heterocycles. The quantitative estimate of drug-likeness (QED) is 0.632. The molecule has 0 spiro atoms. The van der Waals surface area contributed by atoms with Gasteiger partial charge in [-0.25, -0.2) is 4.39 Å². The molecule has 20 heavy (non-hydrogen) atoms. The number of benzene rings is 1. The maximum absolute atomic E-state index is 13.8. The first-order chi connectivity index (χ1) is 9.26. The maximum Gasteiger partial charge on any atom is 0.573 e. The molecule has 0 radical (unpaired) electrons. The van der Waals surface area contributed by atoms with Crippen LogP contribution in [0.3, 0.4) is 0 Å². The number of alkyl halides is 3. The molecule has 1 aromatic rings. The third-order valence-corrected chi connectivity index (χ3v) is 2.11. The molecule has 0 aliphatic heterocycles. The Hall–Kier alpha value is -2.30. The Balaban J connectivity index is 3.15. The topological polar surface area (TPSA) is 59.3 Å². The highest BCUT2D eigenvalue weighted by atomic mass is 19.4. The number of hydrogen-bond acceptors (Lipinski definition) is 4. The predicted molar refractivity (Wildman–Crippen MR) is 58.1 cm³/mol. The first-order valence-electron chi connectivity index (χ1n) is 5.40. The van der Waals surface area contributed by atoms with E-state index in [0.717, 1.165) is 6.07 Å². The van der Waals surface area contributed by atoms with Crippen LogP contribution in [0.4, 0.5) is 17.6 Å². The summed E-state index contributed by atoms with van der Waals surface area (Å²) in [5.74, 6) is -3.33. The number of carbonyl (C=O) groups excluding carboxylic acids is 1. The van der Waals surface area contributed by atoms with E-state index in [4.69, 9.17) is 5.26 Å². The second-order valence-corrected chi connectivity index (χ2v) is 3.59. The molecule has 0 fully saturated rings. The standard InChI is InChI=1S/C12H9F4NO3/c1-2-19-10(18)5-8-3-7(6-17)4-9(11(8)13)20-12(14,15)16/h3-4H,2,5H2,1H3. The van der Waals surface area contributed by atoms with Crippen LogP contribution in [-0.2, 0) is 16.0 Å². The number of carbonyl (C=O) groups is 1. The first kappa shape index (κ1) is 15.8. The Bertz CT molecular complexity index is 549. The van der Waals surface area contributed by atoms with Gasteiger partial charge in [0.05, 0.1) is 24.7 Å². The smallest absolute Gasteiger partial charge is 0.466 e. The summed E-state index contributed by atoms with van der Waals surface area (Å²) in [7, 11) is 0. The molecule has 0 N–H and O–H groups in total. The lowest BCUT2D eigenvalue weighted by Gasteiger charge is -2.12. The van der Waals surface area contributed by atoms with Gasteiger partial charge in [0.25, 0.3) is 0 Å². The second kappa shape index (κ2) is 6.23. The summed E-state index contributed by atoms with van der Waals surface area (Å²) in [5.41, 5.74) is -0.660. The van der Waals surface area contributed by atoms with E-state index in [1.165, 1.54) is 6.92 Å².